The van der Waals surface area contributed by atoms with Gasteiger partial charge in [-0.05, 0) is 43.2 Å². The Balaban J connectivity index is 1.45. The van der Waals surface area contributed by atoms with Gasteiger partial charge in [-0.15, -0.1) is 0 Å². The number of H-pyrrole nitrogens is 1. The Labute approximate surface area is 158 Å². The van der Waals surface area contributed by atoms with E-state index >= 15 is 0 Å². The van der Waals surface area contributed by atoms with Crippen LogP contribution in [0.15, 0.2) is 66.9 Å². The predicted molar refractivity (Wildman–Crippen MR) is 104 cm³/mol. The number of ether oxygens (including phenoxy) is 1. The molecule has 27 heavy (non-hydrogen) atoms. The van der Waals surface area contributed by atoms with Crippen LogP contribution >= 0.6 is 0 Å². The fourth-order valence-corrected chi connectivity index (χ4v) is 3.38. The molecule has 1 atom stereocenters. The van der Waals surface area contributed by atoms with Gasteiger partial charge in [0.05, 0.1) is 5.69 Å². The first-order valence-electron chi connectivity index (χ1n) is 9.17. The number of hydrogen-bond acceptors (Lipinski definition) is 3. The van der Waals surface area contributed by atoms with Gasteiger partial charge in [0, 0.05) is 30.9 Å². The minimum atomic E-state index is -0.108. The Morgan fingerprint density at radius 1 is 1.11 bits per heavy atom. The molecule has 1 fully saturated rings. The molecule has 6 heteroatoms. The van der Waals surface area contributed by atoms with Gasteiger partial charge >= 0.3 is 6.03 Å². The van der Waals surface area contributed by atoms with Gasteiger partial charge < -0.3 is 15.0 Å². The van der Waals surface area contributed by atoms with E-state index in [0.29, 0.717) is 23.9 Å². The van der Waals surface area contributed by atoms with Crippen molar-refractivity contribution in [2.75, 3.05) is 18.4 Å². The number of amides is 2. The number of aromatic amines is 1. The number of urea groups is 1. The van der Waals surface area contributed by atoms with E-state index in [9.17, 15) is 4.79 Å². The number of para-hydroxylation sites is 3. The second-order valence-electron chi connectivity index (χ2n) is 6.64. The molecule has 1 unspecified atom stereocenters. The van der Waals surface area contributed by atoms with Gasteiger partial charge in [0.1, 0.15) is 5.75 Å². The minimum absolute atomic E-state index is 0.108. The molecule has 2 amide bonds. The SMILES string of the molecule is O=C(Nc1ccccc1Oc1ccccc1)N1CCCC(c2ccn[nH]2)C1. The van der Waals surface area contributed by atoms with E-state index in [1.165, 1.54) is 0 Å². The maximum atomic E-state index is 12.8. The lowest BCUT2D eigenvalue weighted by Crippen LogP contribution is -2.41. The van der Waals surface area contributed by atoms with Gasteiger partial charge in [0.25, 0.3) is 0 Å². The molecule has 1 saturated heterocycles. The van der Waals surface area contributed by atoms with Crippen LogP contribution in [0.1, 0.15) is 24.5 Å². The summed E-state index contributed by atoms with van der Waals surface area (Å²) in [5.41, 5.74) is 1.75. The molecule has 0 radical (unpaired) electrons. The average Bonchev–Trinajstić information content (AvgIpc) is 3.25. The molecule has 138 valence electrons. The van der Waals surface area contributed by atoms with E-state index in [1.54, 1.807) is 6.20 Å². The third-order valence-corrected chi connectivity index (χ3v) is 4.77. The maximum absolute atomic E-state index is 12.8. The molecule has 2 heterocycles. The van der Waals surface area contributed by atoms with Crippen molar-refractivity contribution < 1.29 is 9.53 Å². The predicted octanol–water partition coefficient (Wildman–Crippen LogP) is 4.61. The molecule has 4 rings (SSSR count). The Morgan fingerprint density at radius 3 is 2.74 bits per heavy atom. The van der Waals surface area contributed by atoms with Crippen molar-refractivity contribution in [1.82, 2.24) is 15.1 Å². The van der Waals surface area contributed by atoms with Crippen molar-refractivity contribution in [2.24, 2.45) is 0 Å². The summed E-state index contributed by atoms with van der Waals surface area (Å²) in [7, 11) is 0. The number of nitrogens with one attached hydrogen (secondary N) is 2. The summed E-state index contributed by atoms with van der Waals surface area (Å²) in [5.74, 6) is 1.65. The molecular formula is C21H22N4O2. The summed E-state index contributed by atoms with van der Waals surface area (Å²) < 4.78 is 5.93. The molecule has 0 aliphatic carbocycles. The highest BCUT2D eigenvalue weighted by molar-refractivity contribution is 5.91. The van der Waals surface area contributed by atoms with Gasteiger partial charge in [0.15, 0.2) is 5.75 Å². The number of aromatic nitrogens is 2. The van der Waals surface area contributed by atoms with Crippen LogP contribution in [0.5, 0.6) is 11.5 Å². The van der Waals surface area contributed by atoms with Gasteiger partial charge in [0.2, 0.25) is 0 Å². The number of benzene rings is 2. The molecule has 0 saturated carbocycles. The average molecular weight is 362 g/mol. The highest BCUT2D eigenvalue weighted by Crippen LogP contribution is 2.30. The smallest absolute Gasteiger partial charge is 0.321 e. The fraction of sp³-hybridized carbons (Fsp3) is 0.238. The molecular weight excluding hydrogens is 340 g/mol. The van der Waals surface area contributed by atoms with Crippen molar-refractivity contribution in [3.05, 3.63) is 72.6 Å². The molecule has 1 aliphatic heterocycles. The lowest BCUT2D eigenvalue weighted by molar-refractivity contribution is 0.192. The number of piperidine rings is 1. The van der Waals surface area contributed by atoms with Crippen LogP contribution in [0.25, 0.3) is 0 Å². The molecule has 0 spiro atoms. The summed E-state index contributed by atoms with van der Waals surface area (Å²) in [6.07, 6.45) is 3.78. The zero-order valence-corrected chi connectivity index (χ0v) is 15.0. The molecule has 3 aromatic rings. The number of carbonyl (C=O) groups is 1. The van der Waals surface area contributed by atoms with Crippen molar-refractivity contribution >= 4 is 11.7 Å². The van der Waals surface area contributed by atoms with Crippen LogP contribution in [0.2, 0.25) is 0 Å². The topological polar surface area (TPSA) is 70.2 Å². The number of anilines is 1. The molecule has 0 bridgehead atoms. The normalized spacial score (nSPS) is 16.7. The van der Waals surface area contributed by atoms with Crippen molar-refractivity contribution in [2.45, 2.75) is 18.8 Å². The molecule has 1 aromatic heterocycles. The maximum Gasteiger partial charge on any atom is 0.321 e. The minimum Gasteiger partial charge on any atom is -0.455 e. The number of hydrogen-bond donors (Lipinski definition) is 2. The van der Waals surface area contributed by atoms with Gasteiger partial charge in [-0.3, -0.25) is 5.10 Å². The van der Waals surface area contributed by atoms with E-state index in [4.69, 9.17) is 4.74 Å². The van der Waals surface area contributed by atoms with E-state index in [2.05, 4.69) is 15.5 Å². The Morgan fingerprint density at radius 2 is 1.93 bits per heavy atom. The van der Waals surface area contributed by atoms with Crippen LogP contribution in [0.3, 0.4) is 0 Å². The first-order valence-corrected chi connectivity index (χ1v) is 9.17. The van der Waals surface area contributed by atoms with Crippen LogP contribution in [0.4, 0.5) is 10.5 Å². The summed E-state index contributed by atoms with van der Waals surface area (Å²) in [4.78, 5) is 14.7. The number of nitrogens with zero attached hydrogens (tertiary/aromatic N) is 2. The zero-order chi connectivity index (χ0) is 18.5. The number of rotatable bonds is 4. The summed E-state index contributed by atoms with van der Waals surface area (Å²) in [6.45, 7) is 1.42. The highest BCUT2D eigenvalue weighted by Gasteiger charge is 2.26. The third-order valence-electron chi connectivity index (χ3n) is 4.77. The number of likely N-dealkylation sites (tertiary alicyclic amines) is 1. The Hall–Kier alpha value is -3.28. The van der Waals surface area contributed by atoms with E-state index in [0.717, 1.165) is 30.8 Å². The summed E-state index contributed by atoms with van der Waals surface area (Å²) >= 11 is 0. The zero-order valence-electron chi connectivity index (χ0n) is 15.0. The van der Waals surface area contributed by atoms with Crippen LogP contribution in [-0.4, -0.2) is 34.2 Å². The van der Waals surface area contributed by atoms with E-state index in [1.807, 2.05) is 65.6 Å². The molecule has 2 aromatic carbocycles. The Bertz CT molecular complexity index is 880. The second kappa shape index (κ2) is 7.95. The van der Waals surface area contributed by atoms with Gasteiger partial charge in [-0.25, -0.2) is 4.79 Å². The monoisotopic (exact) mass is 362 g/mol. The lowest BCUT2D eigenvalue weighted by Gasteiger charge is -2.32. The van der Waals surface area contributed by atoms with Crippen molar-refractivity contribution in [3.8, 4) is 11.5 Å². The van der Waals surface area contributed by atoms with E-state index < -0.39 is 0 Å². The lowest BCUT2D eigenvalue weighted by atomic mass is 9.95. The highest BCUT2D eigenvalue weighted by atomic mass is 16.5. The molecule has 6 nitrogen and oxygen atoms in total. The van der Waals surface area contributed by atoms with E-state index in [-0.39, 0.29) is 6.03 Å². The number of carbonyl (C=O) groups excluding carboxylic acids is 1. The molecule has 2 N–H and O–H groups in total. The molecule has 1 aliphatic rings. The third kappa shape index (κ3) is 4.11. The quantitative estimate of drug-likeness (QED) is 0.712. The standard InChI is InChI=1S/C21H22N4O2/c26-21(25-14-6-7-16(15-25)18-12-13-22-24-18)23-19-10-4-5-11-20(19)27-17-8-2-1-3-9-17/h1-5,8-13,16H,6-7,14-15H2,(H,22,24)(H,23,26). The second-order valence-corrected chi connectivity index (χ2v) is 6.64. The fourth-order valence-electron chi connectivity index (χ4n) is 3.38. The van der Waals surface area contributed by atoms with Crippen LogP contribution < -0.4 is 10.1 Å². The largest absolute Gasteiger partial charge is 0.455 e. The van der Waals surface area contributed by atoms with Crippen LogP contribution in [-0.2, 0) is 0 Å². The van der Waals surface area contributed by atoms with Crippen LogP contribution in [0, 0.1) is 0 Å². The summed E-state index contributed by atoms with van der Waals surface area (Å²) in [5, 5.41) is 10.1. The van der Waals surface area contributed by atoms with Gasteiger partial charge in [-0.1, -0.05) is 30.3 Å². The Kier molecular flexibility index (Phi) is 5.05. The van der Waals surface area contributed by atoms with Crippen molar-refractivity contribution in [3.63, 3.8) is 0 Å². The first kappa shape index (κ1) is 17.1. The first-order chi connectivity index (χ1) is 13.3. The summed E-state index contributed by atoms with van der Waals surface area (Å²) in [6, 6.07) is 18.9. The van der Waals surface area contributed by atoms with Gasteiger partial charge in [-0.2, -0.15) is 5.10 Å². The van der Waals surface area contributed by atoms with Crippen molar-refractivity contribution in [1.29, 1.82) is 0 Å².